The average molecular weight is 372 g/mol. The molecule has 3 amide bonds. The molecule has 1 fully saturated rings. The summed E-state index contributed by atoms with van der Waals surface area (Å²) in [4.78, 5) is 49.3. The Morgan fingerprint density at radius 3 is 2.19 bits per heavy atom. The fourth-order valence-electron chi connectivity index (χ4n) is 3.91. The van der Waals surface area contributed by atoms with E-state index in [0.29, 0.717) is 30.5 Å². The fourth-order valence-corrected chi connectivity index (χ4v) is 3.91. The quantitative estimate of drug-likeness (QED) is 0.744. The Bertz CT molecular complexity index is 732. The highest BCUT2D eigenvalue weighted by atomic mass is 16.4. The van der Waals surface area contributed by atoms with Gasteiger partial charge in [0.05, 0.1) is 17.0 Å². The molecule has 0 saturated heterocycles. The van der Waals surface area contributed by atoms with E-state index in [1.54, 1.807) is 31.2 Å². The van der Waals surface area contributed by atoms with Crippen molar-refractivity contribution in [2.24, 2.45) is 11.8 Å². The summed E-state index contributed by atoms with van der Waals surface area (Å²) >= 11 is 0. The molecule has 0 aromatic heterocycles. The SMILES string of the molecule is CC(CC(=O)NCC1CCC(C(=O)O)CC1)N1C(=O)c2ccccc2C1=O. The standard InChI is InChI=1S/C20H24N2O5/c1-12(22-18(24)15-4-2-3-5-16(15)19(22)25)10-17(23)21-11-13-6-8-14(9-7-13)20(26)27/h2-5,12-14H,6-11H2,1H3,(H,21,23)(H,26,27). The molecule has 1 saturated carbocycles. The molecule has 27 heavy (non-hydrogen) atoms. The number of benzene rings is 1. The van der Waals surface area contributed by atoms with E-state index in [9.17, 15) is 19.2 Å². The van der Waals surface area contributed by atoms with Crippen LogP contribution in [0, 0.1) is 11.8 Å². The largest absolute Gasteiger partial charge is 0.481 e. The van der Waals surface area contributed by atoms with E-state index in [2.05, 4.69) is 5.32 Å². The molecule has 1 aliphatic heterocycles. The highest BCUT2D eigenvalue weighted by molar-refractivity contribution is 6.21. The lowest BCUT2D eigenvalue weighted by molar-refractivity contribution is -0.143. The molecule has 1 aliphatic carbocycles. The number of fused-ring (bicyclic) bond motifs is 1. The molecule has 1 unspecified atom stereocenters. The van der Waals surface area contributed by atoms with Gasteiger partial charge in [-0.2, -0.15) is 0 Å². The fraction of sp³-hybridized carbons (Fsp3) is 0.500. The lowest BCUT2D eigenvalue weighted by Crippen LogP contribution is -2.42. The number of hydrogen-bond acceptors (Lipinski definition) is 4. The lowest BCUT2D eigenvalue weighted by Gasteiger charge is -2.27. The number of carboxylic acid groups (broad SMARTS) is 1. The Kier molecular flexibility index (Phi) is 5.58. The summed E-state index contributed by atoms with van der Waals surface area (Å²) < 4.78 is 0. The van der Waals surface area contributed by atoms with Gasteiger partial charge in [-0.15, -0.1) is 0 Å². The third-order valence-electron chi connectivity index (χ3n) is 5.53. The number of rotatable bonds is 6. The summed E-state index contributed by atoms with van der Waals surface area (Å²) in [6.45, 7) is 2.19. The van der Waals surface area contributed by atoms with Gasteiger partial charge in [-0.05, 0) is 50.7 Å². The van der Waals surface area contributed by atoms with Crippen molar-refractivity contribution in [1.82, 2.24) is 10.2 Å². The Labute approximate surface area is 157 Å². The van der Waals surface area contributed by atoms with Crippen LogP contribution >= 0.6 is 0 Å². The van der Waals surface area contributed by atoms with Gasteiger partial charge in [0, 0.05) is 19.0 Å². The minimum atomic E-state index is -0.743. The van der Waals surface area contributed by atoms with Crippen molar-refractivity contribution in [2.75, 3.05) is 6.54 Å². The van der Waals surface area contributed by atoms with Crippen LogP contribution in [-0.2, 0) is 9.59 Å². The predicted molar refractivity (Wildman–Crippen MR) is 97.1 cm³/mol. The molecule has 0 radical (unpaired) electrons. The predicted octanol–water partition coefficient (Wildman–Crippen LogP) is 2.07. The van der Waals surface area contributed by atoms with Gasteiger partial charge in [-0.1, -0.05) is 12.1 Å². The Hall–Kier alpha value is -2.70. The molecule has 1 atom stereocenters. The second-order valence-corrected chi connectivity index (χ2v) is 7.44. The number of carboxylic acids is 1. The maximum atomic E-state index is 12.4. The van der Waals surface area contributed by atoms with Crippen LogP contribution in [0.25, 0.3) is 0 Å². The summed E-state index contributed by atoms with van der Waals surface area (Å²) in [6, 6.07) is 6.14. The van der Waals surface area contributed by atoms with E-state index in [0.717, 1.165) is 17.7 Å². The van der Waals surface area contributed by atoms with Gasteiger partial charge in [-0.25, -0.2) is 0 Å². The second-order valence-electron chi connectivity index (χ2n) is 7.44. The summed E-state index contributed by atoms with van der Waals surface area (Å²) in [7, 11) is 0. The van der Waals surface area contributed by atoms with Gasteiger partial charge >= 0.3 is 5.97 Å². The first kappa shape index (κ1) is 19.1. The minimum absolute atomic E-state index is 0.0515. The molecule has 1 aromatic rings. The zero-order chi connectivity index (χ0) is 19.6. The van der Waals surface area contributed by atoms with Crippen molar-refractivity contribution in [3.05, 3.63) is 35.4 Å². The Morgan fingerprint density at radius 1 is 1.11 bits per heavy atom. The topological polar surface area (TPSA) is 104 Å². The molecule has 7 heteroatoms. The number of nitrogens with one attached hydrogen (secondary N) is 1. The Morgan fingerprint density at radius 2 is 1.67 bits per heavy atom. The van der Waals surface area contributed by atoms with Crippen LogP contribution in [0.1, 0.15) is 59.7 Å². The highest BCUT2D eigenvalue weighted by Gasteiger charge is 2.38. The molecule has 2 N–H and O–H groups in total. The van der Waals surface area contributed by atoms with Gasteiger partial charge in [-0.3, -0.25) is 24.1 Å². The third kappa shape index (κ3) is 4.02. The smallest absolute Gasteiger partial charge is 0.306 e. The van der Waals surface area contributed by atoms with Gasteiger partial charge < -0.3 is 10.4 Å². The van der Waals surface area contributed by atoms with E-state index < -0.39 is 12.0 Å². The Balaban J connectivity index is 1.48. The van der Waals surface area contributed by atoms with Crippen LogP contribution in [0.3, 0.4) is 0 Å². The number of carbonyl (C=O) groups excluding carboxylic acids is 3. The zero-order valence-electron chi connectivity index (χ0n) is 15.3. The van der Waals surface area contributed by atoms with Crippen LogP contribution in [-0.4, -0.2) is 46.3 Å². The minimum Gasteiger partial charge on any atom is -0.481 e. The number of carbonyl (C=O) groups is 4. The molecule has 2 aliphatic rings. The van der Waals surface area contributed by atoms with Gasteiger partial charge in [0.15, 0.2) is 0 Å². The van der Waals surface area contributed by atoms with E-state index in [4.69, 9.17) is 5.11 Å². The number of imide groups is 1. The van der Waals surface area contributed by atoms with Gasteiger partial charge in [0.25, 0.3) is 11.8 Å². The maximum Gasteiger partial charge on any atom is 0.306 e. The molecule has 144 valence electrons. The van der Waals surface area contributed by atoms with Crippen molar-refractivity contribution >= 4 is 23.7 Å². The third-order valence-corrected chi connectivity index (χ3v) is 5.53. The number of nitrogens with zero attached hydrogens (tertiary/aromatic N) is 1. The highest BCUT2D eigenvalue weighted by Crippen LogP contribution is 2.29. The molecular formula is C20H24N2O5. The van der Waals surface area contributed by atoms with Crippen LogP contribution in [0.5, 0.6) is 0 Å². The van der Waals surface area contributed by atoms with E-state index in [-0.39, 0.29) is 36.0 Å². The molecular weight excluding hydrogens is 348 g/mol. The molecule has 1 heterocycles. The summed E-state index contributed by atoms with van der Waals surface area (Å²) in [6.07, 6.45) is 2.90. The zero-order valence-corrected chi connectivity index (χ0v) is 15.3. The summed E-state index contributed by atoms with van der Waals surface area (Å²) in [5, 5.41) is 11.9. The average Bonchev–Trinajstić information content (AvgIpc) is 2.91. The monoisotopic (exact) mass is 372 g/mol. The summed E-state index contributed by atoms with van der Waals surface area (Å²) in [5.41, 5.74) is 0.759. The molecule has 0 spiro atoms. The lowest BCUT2D eigenvalue weighted by atomic mass is 9.82. The normalized spacial score (nSPS) is 23.1. The van der Waals surface area contributed by atoms with Crippen LogP contribution in [0.15, 0.2) is 24.3 Å². The van der Waals surface area contributed by atoms with Crippen LogP contribution in [0.2, 0.25) is 0 Å². The van der Waals surface area contributed by atoms with Gasteiger partial charge in [0.2, 0.25) is 5.91 Å². The first-order chi connectivity index (χ1) is 12.9. The molecule has 3 rings (SSSR count). The number of aliphatic carboxylic acids is 1. The maximum absolute atomic E-state index is 12.4. The second kappa shape index (κ2) is 7.90. The summed E-state index contributed by atoms with van der Waals surface area (Å²) in [5.74, 6) is -1.66. The van der Waals surface area contributed by atoms with E-state index >= 15 is 0 Å². The first-order valence-electron chi connectivity index (χ1n) is 9.35. The first-order valence-corrected chi connectivity index (χ1v) is 9.35. The molecule has 1 aromatic carbocycles. The molecule has 0 bridgehead atoms. The van der Waals surface area contributed by atoms with Gasteiger partial charge in [0.1, 0.15) is 0 Å². The molecule has 7 nitrogen and oxygen atoms in total. The van der Waals surface area contributed by atoms with Crippen molar-refractivity contribution in [3.63, 3.8) is 0 Å². The van der Waals surface area contributed by atoms with Crippen molar-refractivity contribution in [3.8, 4) is 0 Å². The van der Waals surface area contributed by atoms with Crippen molar-refractivity contribution in [1.29, 1.82) is 0 Å². The van der Waals surface area contributed by atoms with Crippen LogP contribution in [0.4, 0.5) is 0 Å². The van der Waals surface area contributed by atoms with E-state index in [1.807, 2.05) is 0 Å². The number of amides is 3. The van der Waals surface area contributed by atoms with E-state index in [1.165, 1.54) is 0 Å². The van der Waals surface area contributed by atoms with Crippen LogP contribution < -0.4 is 5.32 Å². The van der Waals surface area contributed by atoms with Crippen molar-refractivity contribution < 1.29 is 24.3 Å². The number of hydrogen-bond donors (Lipinski definition) is 2. The van der Waals surface area contributed by atoms with Crippen molar-refractivity contribution in [2.45, 2.75) is 45.1 Å².